The Hall–Kier alpha value is -3.55. The van der Waals surface area contributed by atoms with E-state index in [4.69, 9.17) is 4.74 Å². The van der Waals surface area contributed by atoms with Crippen LogP contribution >= 0.6 is 0 Å². The zero-order chi connectivity index (χ0) is 18.8. The molecule has 2 heterocycles. The summed E-state index contributed by atoms with van der Waals surface area (Å²) >= 11 is 0. The maximum Gasteiger partial charge on any atom is 0.283 e. The molecule has 0 unspecified atom stereocenters. The van der Waals surface area contributed by atoms with Gasteiger partial charge in [0.25, 0.3) is 5.56 Å². The molecular weight excluding hydrogens is 349 g/mol. The van der Waals surface area contributed by atoms with Crippen molar-refractivity contribution in [2.75, 3.05) is 6.61 Å². The highest BCUT2D eigenvalue weighted by Gasteiger charge is 2.13. The first-order valence-corrected chi connectivity index (χ1v) is 8.44. The molecule has 0 N–H and O–H groups in total. The van der Waals surface area contributed by atoms with Crippen LogP contribution in [0.1, 0.15) is 12.5 Å². The third kappa shape index (κ3) is 3.29. The quantitative estimate of drug-likeness (QED) is 0.543. The zero-order valence-corrected chi connectivity index (χ0v) is 14.5. The van der Waals surface area contributed by atoms with Gasteiger partial charge < -0.3 is 4.74 Å². The van der Waals surface area contributed by atoms with Gasteiger partial charge in [0.2, 0.25) is 0 Å². The molecule has 0 aliphatic carbocycles. The van der Waals surface area contributed by atoms with Crippen LogP contribution in [0.5, 0.6) is 5.75 Å². The maximum atomic E-state index is 13.0. The van der Waals surface area contributed by atoms with E-state index in [1.807, 2.05) is 31.2 Å². The molecule has 27 heavy (non-hydrogen) atoms. The number of rotatable bonds is 5. The molecule has 7 nitrogen and oxygen atoms in total. The molecule has 136 valence electrons. The van der Waals surface area contributed by atoms with Gasteiger partial charge in [-0.15, -0.1) is 5.10 Å². The smallest absolute Gasteiger partial charge is 0.283 e. The first-order valence-electron chi connectivity index (χ1n) is 8.44. The minimum atomic E-state index is -0.321. The van der Waals surface area contributed by atoms with Gasteiger partial charge in [0.05, 0.1) is 18.8 Å². The van der Waals surface area contributed by atoms with Crippen molar-refractivity contribution in [2.45, 2.75) is 13.5 Å². The van der Waals surface area contributed by atoms with Crippen LogP contribution in [0, 0.1) is 5.82 Å². The fourth-order valence-corrected chi connectivity index (χ4v) is 2.77. The van der Waals surface area contributed by atoms with Gasteiger partial charge in [0.15, 0.2) is 11.2 Å². The summed E-state index contributed by atoms with van der Waals surface area (Å²) in [5.74, 6) is 0.429. The van der Waals surface area contributed by atoms with Crippen molar-refractivity contribution in [3.05, 3.63) is 76.6 Å². The summed E-state index contributed by atoms with van der Waals surface area (Å²) in [4.78, 5) is 17.0. The molecule has 2 aromatic carbocycles. The van der Waals surface area contributed by atoms with Crippen LogP contribution < -0.4 is 10.3 Å². The zero-order valence-electron chi connectivity index (χ0n) is 14.5. The minimum absolute atomic E-state index is 0.175. The number of nitrogens with zero attached hydrogens (tertiary/aromatic N) is 5. The van der Waals surface area contributed by atoms with E-state index in [0.717, 1.165) is 17.0 Å². The summed E-state index contributed by atoms with van der Waals surface area (Å²) in [5.41, 5.74) is 1.76. The van der Waals surface area contributed by atoms with Crippen molar-refractivity contribution >= 4 is 11.2 Å². The number of hydrogen-bond donors (Lipinski definition) is 0. The fraction of sp³-hybridized carbons (Fsp3) is 0.158. The summed E-state index contributed by atoms with van der Waals surface area (Å²) in [6.07, 6.45) is 1.45. The van der Waals surface area contributed by atoms with Crippen LogP contribution in [0.4, 0.5) is 4.39 Å². The average Bonchev–Trinajstić information content (AvgIpc) is 3.11. The SMILES string of the molecule is CCOc1ccc(-n2nnc3c(=O)n(Cc4ccc(F)cc4)cnc32)cc1. The molecule has 2 aromatic heterocycles. The van der Waals surface area contributed by atoms with Gasteiger partial charge in [-0.05, 0) is 48.9 Å². The van der Waals surface area contributed by atoms with Crippen molar-refractivity contribution in [3.63, 3.8) is 0 Å². The van der Waals surface area contributed by atoms with E-state index < -0.39 is 0 Å². The van der Waals surface area contributed by atoms with E-state index in [2.05, 4.69) is 15.3 Å². The predicted octanol–water partition coefficient (Wildman–Crippen LogP) is 2.56. The van der Waals surface area contributed by atoms with E-state index in [0.29, 0.717) is 12.3 Å². The predicted molar refractivity (Wildman–Crippen MR) is 97.6 cm³/mol. The first kappa shape index (κ1) is 16.9. The second-order valence-corrected chi connectivity index (χ2v) is 5.90. The largest absolute Gasteiger partial charge is 0.494 e. The molecule has 0 aliphatic rings. The molecule has 0 spiro atoms. The summed E-state index contributed by atoms with van der Waals surface area (Å²) < 4.78 is 21.4. The van der Waals surface area contributed by atoms with Crippen LogP contribution in [0.2, 0.25) is 0 Å². The molecule has 0 bridgehead atoms. The Morgan fingerprint density at radius 3 is 2.52 bits per heavy atom. The molecule has 4 rings (SSSR count). The highest BCUT2D eigenvalue weighted by atomic mass is 19.1. The number of hydrogen-bond acceptors (Lipinski definition) is 5. The number of aromatic nitrogens is 5. The lowest BCUT2D eigenvalue weighted by molar-refractivity contribution is 0.340. The van der Waals surface area contributed by atoms with Gasteiger partial charge in [-0.25, -0.2) is 9.37 Å². The van der Waals surface area contributed by atoms with Gasteiger partial charge in [-0.2, -0.15) is 4.68 Å². The molecule has 0 amide bonds. The highest BCUT2D eigenvalue weighted by Crippen LogP contribution is 2.17. The number of halogens is 1. The van der Waals surface area contributed by atoms with E-state index in [1.54, 1.807) is 12.1 Å². The van der Waals surface area contributed by atoms with E-state index in [1.165, 1.54) is 27.7 Å². The van der Waals surface area contributed by atoms with Gasteiger partial charge >= 0.3 is 0 Å². The monoisotopic (exact) mass is 365 g/mol. The van der Waals surface area contributed by atoms with Crippen molar-refractivity contribution in [1.82, 2.24) is 24.5 Å². The van der Waals surface area contributed by atoms with E-state index in [9.17, 15) is 9.18 Å². The molecular formula is C19H16FN5O2. The molecule has 0 fully saturated rings. The third-order valence-corrected chi connectivity index (χ3v) is 4.09. The van der Waals surface area contributed by atoms with Crippen molar-refractivity contribution < 1.29 is 9.13 Å². The number of ether oxygens (including phenoxy) is 1. The molecule has 0 saturated carbocycles. The van der Waals surface area contributed by atoms with Gasteiger partial charge in [-0.3, -0.25) is 9.36 Å². The molecule has 0 atom stereocenters. The van der Waals surface area contributed by atoms with Crippen LogP contribution in [0.25, 0.3) is 16.9 Å². The Labute approximate surface area is 153 Å². The van der Waals surface area contributed by atoms with Crippen molar-refractivity contribution in [3.8, 4) is 11.4 Å². The average molecular weight is 365 g/mol. The van der Waals surface area contributed by atoms with E-state index >= 15 is 0 Å². The topological polar surface area (TPSA) is 74.8 Å². The lowest BCUT2D eigenvalue weighted by Crippen LogP contribution is -2.21. The minimum Gasteiger partial charge on any atom is -0.494 e. The molecule has 0 aliphatic heterocycles. The molecule has 4 aromatic rings. The number of benzene rings is 2. The van der Waals surface area contributed by atoms with Gasteiger partial charge in [0, 0.05) is 0 Å². The fourth-order valence-electron chi connectivity index (χ4n) is 2.77. The van der Waals surface area contributed by atoms with Crippen LogP contribution in [-0.2, 0) is 6.54 Å². The summed E-state index contributed by atoms with van der Waals surface area (Å²) in [6.45, 7) is 2.78. The molecule has 0 saturated heterocycles. The Kier molecular flexibility index (Phi) is 4.37. The molecule has 0 radical (unpaired) electrons. The van der Waals surface area contributed by atoms with Crippen LogP contribution in [0.3, 0.4) is 0 Å². The maximum absolute atomic E-state index is 13.0. The van der Waals surface area contributed by atoms with Crippen molar-refractivity contribution in [2.24, 2.45) is 0 Å². The second kappa shape index (κ2) is 6.99. The summed E-state index contributed by atoms with van der Waals surface area (Å²) in [7, 11) is 0. The highest BCUT2D eigenvalue weighted by molar-refractivity contribution is 5.70. The summed E-state index contributed by atoms with van der Waals surface area (Å²) in [5, 5.41) is 8.06. The normalized spacial score (nSPS) is 11.0. The molecule has 8 heteroatoms. The Morgan fingerprint density at radius 2 is 1.81 bits per heavy atom. The van der Waals surface area contributed by atoms with Crippen LogP contribution in [-0.4, -0.2) is 31.2 Å². The third-order valence-electron chi connectivity index (χ3n) is 4.09. The second-order valence-electron chi connectivity index (χ2n) is 5.90. The Bertz CT molecular complexity index is 1130. The van der Waals surface area contributed by atoms with E-state index in [-0.39, 0.29) is 23.4 Å². The lowest BCUT2D eigenvalue weighted by Gasteiger charge is -2.06. The lowest BCUT2D eigenvalue weighted by atomic mass is 10.2. The van der Waals surface area contributed by atoms with Gasteiger partial charge in [0.1, 0.15) is 17.9 Å². The Morgan fingerprint density at radius 1 is 1.07 bits per heavy atom. The standard InChI is InChI=1S/C19H16FN5O2/c1-2-27-16-9-7-15(8-10-16)25-18-17(22-23-25)19(26)24(12-21-18)11-13-3-5-14(20)6-4-13/h3-10,12H,2,11H2,1H3. The van der Waals surface area contributed by atoms with Gasteiger partial charge in [-0.1, -0.05) is 17.3 Å². The van der Waals surface area contributed by atoms with Crippen LogP contribution in [0.15, 0.2) is 59.7 Å². The summed E-state index contributed by atoms with van der Waals surface area (Å²) in [6, 6.07) is 13.3. The number of fused-ring (bicyclic) bond motifs is 1. The Balaban J connectivity index is 1.69. The van der Waals surface area contributed by atoms with Crippen molar-refractivity contribution in [1.29, 1.82) is 0 Å². The first-order chi connectivity index (χ1) is 13.2.